The van der Waals surface area contributed by atoms with Crippen molar-refractivity contribution in [1.82, 2.24) is 0 Å². The van der Waals surface area contributed by atoms with Crippen LogP contribution < -0.4 is 5.32 Å². The number of hydrogen-bond acceptors (Lipinski definition) is 2. The van der Waals surface area contributed by atoms with Gasteiger partial charge in [0.25, 0.3) is 0 Å². The van der Waals surface area contributed by atoms with Crippen LogP contribution in [0.1, 0.15) is 22.4 Å². The third kappa shape index (κ3) is 2.46. The minimum absolute atomic E-state index is 0.0652. The van der Waals surface area contributed by atoms with E-state index in [4.69, 9.17) is 0 Å². The van der Waals surface area contributed by atoms with Crippen LogP contribution in [0.5, 0.6) is 0 Å². The topological polar surface area (TPSA) is 29.1 Å². The van der Waals surface area contributed by atoms with E-state index in [1.165, 1.54) is 24.0 Å². The van der Waals surface area contributed by atoms with Gasteiger partial charge in [-0.2, -0.15) is 0 Å². The van der Waals surface area contributed by atoms with E-state index >= 15 is 0 Å². The van der Waals surface area contributed by atoms with Gasteiger partial charge < -0.3 is 5.32 Å². The highest BCUT2D eigenvalue weighted by molar-refractivity contribution is 7.10. The molecule has 0 saturated carbocycles. The van der Waals surface area contributed by atoms with Crippen LogP contribution in [-0.2, 0) is 24.1 Å². The van der Waals surface area contributed by atoms with E-state index in [0.29, 0.717) is 6.42 Å². The molecule has 1 aliphatic carbocycles. The molecule has 0 bridgehead atoms. The maximum Gasteiger partial charge on any atom is 0.229 e. The van der Waals surface area contributed by atoms with Crippen molar-refractivity contribution in [2.75, 3.05) is 5.32 Å². The van der Waals surface area contributed by atoms with E-state index in [1.54, 1.807) is 11.3 Å². The average molecular weight is 257 g/mol. The summed E-state index contributed by atoms with van der Waals surface area (Å²) in [6.07, 6.45) is 4.03. The SMILES string of the molecule is O=C(Cc1cccs1)Nc1ccc2c(c1)CCC2. The van der Waals surface area contributed by atoms with Crippen molar-refractivity contribution in [2.45, 2.75) is 25.7 Å². The molecule has 0 atom stereocenters. The summed E-state index contributed by atoms with van der Waals surface area (Å²) in [5.41, 5.74) is 3.76. The highest BCUT2D eigenvalue weighted by Gasteiger charge is 2.12. The largest absolute Gasteiger partial charge is 0.326 e. The molecule has 0 unspecified atom stereocenters. The molecule has 0 radical (unpaired) electrons. The fraction of sp³-hybridized carbons (Fsp3) is 0.267. The highest BCUT2D eigenvalue weighted by atomic mass is 32.1. The van der Waals surface area contributed by atoms with Crippen LogP contribution in [-0.4, -0.2) is 5.91 Å². The van der Waals surface area contributed by atoms with E-state index in [-0.39, 0.29) is 5.91 Å². The Kier molecular flexibility index (Phi) is 3.15. The molecular weight excluding hydrogens is 242 g/mol. The standard InChI is InChI=1S/C15H15NOS/c17-15(10-14-5-2-8-18-14)16-13-7-6-11-3-1-4-12(11)9-13/h2,5-9H,1,3-4,10H2,(H,16,17). The van der Waals surface area contributed by atoms with E-state index in [1.807, 2.05) is 23.6 Å². The summed E-state index contributed by atoms with van der Waals surface area (Å²) in [6.45, 7) is 0. The summed E-state index contributed by atoms with van der Waals surface area (Å²) in [4.78, 5) is 13.0. The predicted molar refractivity (Wildman–Crippen MR) is 75.1 cm³/mol. The van der Waals surface area contributed by atoms with Crippen molar-refractivity contribution < 1.29 is 4.79 Å². The second-order valence-corrected chi connectivity index (χ2v) is 5.67. The first-order valence-corrected chi connectivity index (χ1v) is 7.13. The van der Waals surface area contributed by atoms with Crippen molar-refractivity contribution in [3.63, 3.8) is 0 Å². The Balaban J connectivity index is 1.67. The summed E-state index contributed by atoms with van der Waals surface area (Å²) < 4.78 is 0. The number of amides is 1. The van der Waals surface area contributed by atoms with Crippen LogP contribution in [0.15, 0.2) is 35.7 Å². The van der Waals surface area contributed by atoms with Gasteiger partial charge in [-0.15, -0.1) is 11.3 Å². The average Bonchev–Trinajstić information content (AvgIpc) is 2.98. The van der Waals surface area contributed by atoms with Gasteiger partial charge in [0.2, 0.25) is 5.91 Å². The Morgan fingerprint density at radius 2 is 2.11 bits per heavy atom. The van der Waals surface area contributed by atoms with Crippen LogP contribution in [0, 0.1) is 0 Å². The third-order valence-electron chi connectivity index (χ3n) is 3.30. The second-order valence-electron chi connectivity index (χ2n) is 4.64. The molecule has 2 aromatic rings. The lowest BCUT2D eigenvalue weighted by Gasteiger charge is -2.06. The molecule has 92 valence electrons. The molecule has 3 rings (SSSR count). The molecule has 3 heteroatoms. The van der Waals surface area contributed by atoms with Gasteiger partial charge in [0.1, 0.15) is 0 Å². The zero-order chi connectivity index (χ0) is 12.4. The number of fused-ring (bicyclic) bond motifs is 1. The molecule has 18 heavy (non-hydrogen) atoms. The fourth-order valence-corrected chi connectivity index (χ4v) is 3.13. The quantitative estimate of drug-likeness (QED) is 0.897. The zero-order valence-corrected chi connectivity index (χ0v) is 10.9. The molecule has 0 fully saturated rings. The maximum atomic E-state index is 11.9. The summed E-state index contributed by atoms with van der Waals surface area (Å²) >= 11 is 1.62. The van der Waals surface area contributed by atoms with Gasteiger partial charge in [0, 0.05) is 10.6 Å². The minimum atomic E-state index is 0.0652. The van der Waals surface area contributed by atoms with Crippen LogP contribution in [0.2, 0.25) is 0 Å². The number of rotatable bonds is 3. The number of hydrogen-bond donors (Lipinski definition) is 1. The lowest BCUT2D eigenvalue weighted by molar-refractivity contribution is -0.115. The number of nitrogens with one attached hydrogen (secondary N) is 1. The minimum Gasteiger partial charge on any atom is -0.326 e. The molecule has 1 heterocycles. The van der Waals surface area contributed by atoms with Gasteiger partial charge in [-0.25, -0.2) is 0 Å². The predicted octanol–water partition coefficient (Wildman–Crippen LogP) is 3.42. The van der Waals surface area contributed by atoms with Crippen LogP contribution in [0.25, 0.3) is 0 Å². The summed E-state index contributed by atoms with van der Waals surface area (Å²) in [5, 5.41) is 4.98. The lowest BCUT2D eigenvalue weighted by Crippen LogP contribution is -2.13. The second kappa shape index (κ2) is 4.94. The van der Waals surface area contributed by atoms with Crippen LogP contribution in [0.4, 0.5) is 5.69 Å². The number of carbonyl (C=O) groups is 1. The van der Waals surface area contributed by atoms with E-state index < -0.39 is 0 Å². The lowest BCUT2D eigenvalue weighted by atomic mass is 10.1. The molecule has 1 aliphatic rings. The molecular formula is C15H15NOS. The number of thiophene rings is 1. The molecule has 0 spiro atoms. The first-order valence-electron chi connectivity index (χ1n) is 6.25. The molecule has 1 amide bonds. The monoisotopic (exact) mass is 257 g/mol. The Hall–Kier alpha value is -1.61. The Morgan fingerprint density at radius 3 is 2.94 bits per heavy atom. The highest BCUT2D eigenvalue weighted by Crippen LogP contribution is 2.25. The number of aryl methyl sites for hydroxylation is 2. The van der Waals surface area contributed by atoms with Crippen molar-refractivity contribution >= 4 is 22.9 Å². The number of benzene rings is 1. The molecule has 2 nitrogen and oxygen atoms in total. The molecule has 1 N–H and O–H groups in total. The Labute approximate surface area is 111 Å². The molecule has 1 aromatic heterocycles. The molecule has 0 aliphatic heterocycles. The Bertz CT molecular complexity index is 560. The number of carbonyl (C=O) groups excluding carboxylic acids is 1. The maximum absolute atomic E-state index is 11.9. The first kappa shape index (κ1) is 11.5. The third-order valence-corrected chi connectivity index (χ3v) is 4.17. The van der Waals surface area contributed by atoms with E-state index in [0.717, 1.165) is 17.0 Å². The van der Waals surface area contributed by atoms with Gasteiger partial charge >= 0.3 is 0 Å². The van der Waals surface area contributed by atoms with Crippen LogP contribution in [0.3, 0.4) is 0 Å². The van der Waals surface area contributed by atoms with Gasteiger partial charge in [-0.3, -0.25) is 4.79 Å². The van der Waals surface area contributed by atoms with E-state index in [2.05, 4.69) is 17.4 Å². The van der Waals surface area contributed by atoms with Crippen molar-refractivity contribution in [3.8, 4) is 0 Å². The van der Waals surface area contributed by atoms with Gasteiger partial charge in [-0.1, -0.05) is 12.1 Å². The number of anilines is 1. The summed E-state index contributed by atoms with van der Waals surface area (Å²) in [5.74, 6) is 0.0652. The Morgan fingerprint density at radius 1 is 1.22 bits per heavy atom. The normalized spacial score (nSPS) is 13.3. The fourth-order valence-electron chi connectivity index (χ4n) is 2.43. The van der Waals surface area contributed by atoms with Gasteiger partial charge in [0.15, 0.2) is 0 Å². The molecule has 1 aromatic carbocycles. The smallest absolute Gasteiger partial charge is 0.229 e. The van der Waals surface area contributed by atoms with E-state index in [9.17, 15) is 4.79 Å². The van der Waals surface area contributed by atoms with Crippen LogP contribution >= 0.6 is 11.3 Å². The zero-order valence-electron chi connectivity index (χ0n) is 10.1. The van der Waals surface area contributed by atoms with Crippen molar-refractivity contribution in [2.24, 2.45) is 0 Å². The van der Waals surface area contributed by atoms with Gasteiger partial charge in [0.05, 0.1) is 6.42 Å². The van der Waals surface area contributed by atoms with Crippen molar-refractivity contribution in [1.29, 1.82) is 0 Å². The molecule has 0 saturated heterocycles. The van der Waals surface area contributed by atoms with Crippen molar-refractivity contribution in [3.05, 3.63) is 51.7 Å². The summed E-state index contributed by atoms with van der Waals surface area (Å²) in [7, 11) is 0. The summed E-state index contributed by atoms with van der Waals surface area (Å²) in [6, 6.07) is 10.2. The first-order chi connectivity index (χ1) is 8.81. The van der Waals surface area contributed by atoms with Gasteiger partial charge in [-0.05, 0) is 54.0 Å².